The summed E-state index contributed by atoms with van der Waals surface area (Å²) in [4.78, 5) is 12.2. The minimum atomic E-state index is -0.0923. The van der Waals surface area contributed by atoms with Crippen LogP contribution in [0.4, 0.5) is 5.69 Å². The summed E-state index contributed by atoms with van der Waals surface area (Å²) in [7, 11) is 3.18. The maximum Gasteiger partial charge on any atom is 0.228 e. The highest BCUT2D eigenvalue weighted by Crippen LogP contribution is 2.30. The smallest absolute Gasteiger partial charge is 0.228 e. The van der Waals surface area contributed by atoms with Crippen molar-refractivity contribution >= 4 is 27.5 Å². The summed E-state index contributed by atoms with van der Waals surface area (Å²) >= 11 is 3.38. The first-order valence-electron chi connectivity index (χ1n) is 7.46. The van der Waals surface area contributed by atoms with E-state index in [2.05, 4.69) is 21.2 Å². The summed E-state index contributed by atoms with van der Waals surface area (Å²) in [5, 5.41) is 2.87. The fraction of sp³-hybridized carbons (Fsp3) is 0.278. The van der Waals surface area contributed by atoms with Crippen molar-refractivity contribution in [3.8, 4) is 11.5 Å². The lowest BCUT2D eigenvalue weighted by atomic mass is 10.1. The number of halogens is 1. The normalized spacial score (nSPS) is 10.3. The molecule has 0 radical (unpaired) electrons. The second-order valence-electron chi connectivity index (χ2n) is 5.06. The molecule has 128 valence electrons. The van der Waals surface area contributed by atoms with Gasteiger partial charge in [0.15, 0.2) is 11.5 Å². The maximum absolute atomic E-state index is 12.2. The molecule has 2 rings (SSSR count). The van der Waals surface area contributed by atoms with Crippen molar-refractivity contribution in [2.24, 2.45) is 0 Å². The first-order valence-corrected chi connectivity index (χ1v) is 8.25. The Kier molecular flexibility index (Phi) is 7.08. The summed E-state index contributed by atoms with van der Waals surface area (Å²) < 4.78 is 16.8. The Bertz CT molecular complexity index is 673. The van der Waals surface area contributed by atoms with Crippen molar-refractivity contribution in [1.29, 1.82) is 0 Å². The number of benzene rings is 2. The van der Waals surface area contributed by atoms with E-state index in [0.29, 0.717) is 36.8 Å². The van der Waals surface area contributed by atoms with Gasteiger partial charge in [0.1, 0.15) is 6.61 Å². The van der Waals surface area contributed by atoms with Crippen LogP contribution in [0.1, 0.15) is 5.56 Å². The molecule has 0 aliphatic rings. The largest absolute Gasteiger partial charge is 0.493 e. The van der Waals surface area contributed by atoms with E-state index in [9.17, 15) is 4.79 Å². The molecular weight excluding hydrogens is 374 g/mol. The van der Waals surface area contributed by atoms with Gasteiger partial charge in [0.25, 0.3) is 0 Å². The number of anilines is 1. The molecule has 0 unspecified atom stereocenters. The molecule has 1 N–H and O–H groups in total. The molecule has 24 heavy (non-hydrogen) atoms. The maximum atomic E-state index is 12.2. The minimum absolute atomic E-state index is 0.0923. The number of carbonyl (C=O) groups excluding carboxylic acids is 1. The van der Waals surface area contributed by atoms with Gasteiger partial charge in [-0.1, -0.05) is 28.1 Å². The summed E-state index contributed by atoms with van der Waals surface area (Å²) in [6, 6.07) is 12.9. The second-order valence-corrected chi connectivity index (χ2v) is 5.97. The van der Waals surface area contributed by atoms with Gasteiger partial charge in [0, 0.05) is 23.3 Å². The van der Waals surface area contributed by atoms with E-state index in [0.717, 1.165) is 10.0 Å². The summed E-state index contributed by atoms with van der Waals surface area (Å²) in [5.74, 6) is 1.08. The number of methoxy groups -OCH3 is 2. The van der Waals surface area contributed by atoms with E-state index in [1.165, 1.54) is 0 Å². The Labute approximate surface area is 150 Å². The molecule has 0 aromatic heterocycles. The zero-order valence-electron chi connectivity index (χ0n) is 13.7. The van der Waals surface area contributed by atoms with Gasteiger partial charge in [-0.15, -0.1) is 0 Å². The van der Waals surface area contributed by atoms with Crippen molar-refractivity contribution < 1.29 is 19.0 Å². The fourth-order valence-electron chi connectivity index (χ4n) is 2.10. The highest BCUT2D eigenvalue weighted by molar-refractivity contribution is 9.10. The van der Waals surface area contributed by atoms with Crippen LogP contribution in [0.5, 0.6) is 11.5 Å². The Balaban J connectivity index is 2.01. The fourth-order valence-corrected chi connectivity index (χ4v) is 2.36. The summed E-state index contributed by atoms with van der Waals surface area (Å²) in [5.41, 5.74) is 1.60. The van der Waals surface area contributed by atoms with E-state index in [1.54, 1.807) is 32.4 Å². The van der Waals surface area contributed by atoms with Crippen molar-refractivity contribution in [2.45, 2.75) is 6.42 Å². The van der Waals surface area contributed by atoms with Crippen LogP contribution >= 0.6 is 15.9 Å². The molecular formula is C18H20BrNO4. The van der Waals surface area contributed by atoms with E-state index in [4.69, 9.17) is 14.2 Å². The first kappa shape index (κ1) is 18.3. The molecule has 0 saturated carbocycles. The lowest BCUT2D eigenvalue weighted by Crippen LogP contribution is -2.14. The average molecular weight is 394 g/mol. The van der Waals surface area contributed by atoms with Gasteiger partial charge >= 0.3 is 0 Å². The average Bonchev–Trinajstić information content (AvgIpc) is 2.57. The molecule has 1 amide bonds. The van der Waals surface area contributed by atoms with Crippen LogP contribution in [0.2, 0.25) is 0 Å². The van der Waals surface area contributed by atoms with Crippen molar-refractivity contribution in [3.05, 3.63) is 52.5 Å². The number of amides is 1. The summed E-state index contributed by atoms with van der Waals surface area (Å²) in [6.07, 6.45) is 0.305. The highest BCUT2D eigenvalue weighted by atomic mass is 79.9. The summed E-state index contributed by atoms with van der Waals surface area (Å²) in [6.45, 7) is 0.881. The van der Waals surface area contributed by atoms with Crippen LogP contribution < -0.4 is 14.8 Å². The van der Waals surface area contributed by atoms with Gasteiger partial charge in [0.2, 0.25) is 5.91 Å². The van der Waals surface area contributed by atoms with Crippen LogP contribution in [0.25, 0.3) is 0 Å². The van der Waals surface area contributed by atoms with Gasteiger partial charge in [-0.2, -0.15) is 0 Å². The number of hydrogen-bond acceptors (Lipinski definition) is 4. The predicted octanol–water partition coefficient (Wildman–Crippen LogP) is 3.66. The van der Waals surface area contributed by atoms with Crippen molar-refractivity contribution in [3.63, 3.8) is 0 Å². The van der Waals surface area contributed by atoms with Gasteiger partial charge in [0.05, 0.1) is 20.1 Å². The van der Waals surface area contributed by atoms with E-state index in [-0.39, 0.29) is 5.91 Å². The molecule has 2 aromatic carbocycles. The van der Waals surface area contributed by atoms with Crippen LogP contribution in [0, 0.1) is 0 Å². The van der Waals surface area contributed by atoms with Gasteiger partial charge in [-0.05, 0) is 29.8 Å². The molecule has 0 spiro atoms. The van der Waals surface area contributed by atoms with Crippen LogP contribution in [0.15, 0.2) is 46.9 Å². The molecule has 0 bridgehead atoms. The lowest BCUT2D eigenvalue weighted by Gasteiger charge is -2.13. The van der Waals surface area contributed by atoms with Crippen LogP contribution in [0.3, 0.4) is 0 Å². The second kappa shape index (κ2) is 9.30. The molecule has 5 nitrogen and oxygen atoms in total. The van der Waals surface area contributed by atoms with E-state index < -0.39 is 0 Å². The van der Waals surface area contributed by atoms with Crippen LogP contribution in [-0.2, 0) is 16.0 Å². The van der Waals surface area contributed by atoms with Gasteiger partial charge < -0.3 is 19.5 Å². The predicted molar refractivity (Wildman–Crippen MR) is 96.8 cm³/mol. The number of hydrogen-bond donors (Lipinski definition) is 1. The molecule has 0 atom stereocenters. The Hall–Kier alpha value is -2.05. The SMILES string of the molecule is COCCOc1cc(NC(=O)Cc2ccc(Br)cc2)ccc1OC. The molecule has 0 fully saturated rings. The minimum Gasteiger partial charge on any atom is -0.493 e. The molecule has 0 saturated heterocycles. The monoisotopic (exact) mass is 393 g/mol. The van der Waals surface area contributed by atoms with Gasteiger partial charge in [-0.25, -0.2) is 0 Å². The zero-order chi connectivity index (χ0) is 17.4. The Morgan fingerprint density at radius 3 is 2.46 bits per heavy atom. The Morgan fingerprint density at radius 1 is 1.04 bits per heavy atom. The third-order valence-corrected chi connectivity index (χ3v) is 3.80. The number of rotatable bonds is 8. The van der Waals surface area contributed by atoms with Crippen molar-refractivity contribution in [1.82, 2.24) is 0 Å². The molecule has 2 aromatic rings. The van der Waals surface area contributed by atoms with Crippen LogP contribution in [-0.4, -0.2) is 33.3 Å². The van der Waals surface area contributed by atoms with E-state index in [1.807, 2.05) is 24.3 Å². The van der Waals surface area contributed by atoms with Crippen molar-refractivity contribution in [2.75, 3.05) is 32.8 Å². The Morgan fingerprint density at radius 2 is 1.79 bits per heavy atom. The zero-order valence-corrected chi connectivity index (χ0v) is 15.3. The molecule has 0 aliphatic carbocycles. The number of nitrogens with one attached hydrogen (secondary N) is 1. The molecule has 0 heterocycles. The molecule has 0 aliphatic heterocycles. The number of carbonyl (C=O) groups is 1. The van der Waals surface area contributed by atoms with E-state index >= 15 is 0 Å². The number of ether oxygens (including phenoxy) is 3. The van der Waals surface area contributed by atoms with Gasteiger partial charge in [-0.3, -0.25) is 4.79 Å². The third kappa shape index (κ3) is 5.54. The third-order valence-electron chi connectivity index (χ3n) is 3.27. The lowest BCUT2D eigenvalue weighted by molar-refractivity contribution is -0.115. The topological polar surface area (TPSA) is 56.8 Å². The standard InChI is InChI=1S/C18H20BrNO4/c1-22-9-10-24-17-12-15(7-8-16(17)23-2)20-18(21)11-13-3-5-14(19)6-4-13/h3-8,12H,9-11H2,1-2H3,(H,20,21). The highest BCUT2D eigenvalue weighted by Gasteiger charge is 2.09. The first-order chi connectivity index (χ1) is 11.6. The quantitative estimate of drug-likeness (QED) is 0.695. The molecule has 6 heteroatoms.